The van der Waals surface area contributed by atoms with Crippen LogP contribution in [0.3, 0.4) is 0 Å². The van der Waals surface area contributed by atoms with E-state index < -0.39 is 6.04 Å². The summed E-state index contributed by atoms with van der Waals surface area (Å²) in [7, 11) is 0. The molecule has 6 heteroatoms. The predicted octanol–water partition coefficient (Wildman–Crippen LogP) is 4.22. The molecule has 2 aromatic rings. The van der Waals surface area contributed by atoms with E-state index in [1.54, 1.807) is 13.0 Å². The molecule has 2 aromatic carbocycles. The molecule has 0 radical (unpaired) electrons. The van der Waals surface area contributed by atoms with E-state index in [9.17, 15) is 9.59 Å². The normalized spacial score (nSPS) is 16.8. The number of nitrogens with one attached hydrogen (secondary N) is 1. The highest BCUT2D eigenvalue weighted by atomic mass is 32.2. The van der Waals surface area contributed by atoms with Crippen molar-refractivity contribution in [2.24, 2.45) is 0 Å². The minimum absolute atomic E-state index is 0.240. The lowest BCUT2D eigenvalue weighted by molar-refractivity contribution is -0.129. The summed E-state index contributed by atoms with van der Waals surface area (Å²) in [5, 5.41) is 2.87. The maximum absolute atomic E-state index is 12.8. The molecule has 0 aliphatic carbocycles. The molecule has 1 unspecified atom stereocenters. The summed E-state index contributed by atoms with van der Waals surface area (Å²) in [6.45, 7) is 3.60. The van der Waals surface area contributed by atoms with Gasteiger partial charge in [-0.05, 0) is 37.1 Å². The molecule has 0 aromatic heterocycles. The minimum Gasteiger partial charge on any atom is -0.324 e. The molecule has 0 spiro atoms. The van der Waals surface area contributed by atoms with Gasteiger partial charge in [0.05, 0.1) is 4.91 Å². The first kappa shape index (κ1) is 18.4. The number of amides is 2. The van der Waals surface area contributed by atoms with Crippen LogP contribution in [0.2, 0.25) is 0 Å². The molecule has 1 heterocycles. The maximum atomic E-state index is 12.8. The Morgan fingerprint density at radius 1 is 1.15 bits per heavy atom. The largest absolute Gasteiger partial charge is 0.324 e. The molecule has 3 rings (SSSR count). The highest BCUT2D eigenvalue weighted by molar-refractivity contribution is 8.26. The number of carbonyl (C=O) groups is 2. The van der Waals surface area contributed by atoms with Crippen molar-refractivity contribution < 1.29 is 9.59 Å². The quantitative estimate of drug-likeness (QED) is 0.635. The highest BCUT2D eigenvalue weighted by Gasteiger charge is 2.38. The van der Waals surface area contributed by atoms with Gasteiger partial charge in [0, 0.05) is 5.69 Å². The summed E-state index contributed by atoms with van der Waals surface area (Å²) in [5.74, 6) is -0.507. The Bertz CT molecular complexity index is 894. The van der Waals surface area contributed by atoms with Crippen LogP contribution in [-0.2, 0) is 9.59 Å². The Hall–Kier alpha value is -2.44. The second kappa shape index (κ2) is 7.85. The molecule has 1 aliphatic rings. The highest BCUT2D eigenvalue weighted by Crippen LogP contribution is 2.34. The fourth-order valence-electron chi connectivity index (χ4n) is 2.58. The molecule has 2 amide bonds. The molecule has 1 atom stereocenters. The van der Waals surface area contributed by atoms with E-state index in [0.29, 0.717) is 9.23 Å². The van der Waals surface area contributed by atoms with Crippen LogP contribution in [0.5, 0.6) is 0 Å². The lowest BCUT2D eigenvalue weighted by Gasteiger charge is -2.22. The molecule has 132 valence electrons. The first-order valence-electron chi connectivity index (χ1n) is 8.16. The molecule has 1 N–H and O–H groups in total. The Morgan fingerprint density at radius 3 is 2.50 bits per heavy atom. The van der Waals surface area contributed by atoms with Crippen LogP contribution >= 0.6 is 24.0 Å². The van der Waals surface area contributed by atoms with Gasteiger partial charge in [0.1, 0.15) is 10.4 Å². The van der Waals surface area contributed by atoms with E-state index in [1.807, 2.05) is 61.5 Å². The Balaban J connectivity index is 1.77. The van der Waals surface area contributed by atoms with Crippen molar-refractivity contribution in [3.8, 4) is 0 Å². The molecule has 26 heavy (non-hydrogen) atoms. The molecule has 1 saturated heterocycles. The van der Waals surface area contributed by atoms with Crippen LogP contribution in [0.1, 0.15) is 18.1 Å². The Kier molecular flexibility index (Phi) is 5.54. The molecule has 1 fully saturated rings. The standard InChI is InChI=1S/C20H18N2O2S2/c1-13-8-6-7-11-16(13)21-18(23)14(2)22-19(24)17(26-20(22)25)12-15-9-4-3-5-10-15/h3-12,14H,1-2H3,(H,21,23)/b17-12-. The Labute approximate surface area is 162 Å². The van der Waals surface area contributed by atoms with Gasteiger partial charge < -0.3 is 5.32 Å². The summed E-state index contributed by atoms with van der Waals surface area (Å²) in [6.07, 6.45) is 1.80. The number of carbonyl (C=O) groups excluding carboxylic acids is 2. The first-order valence-corrected chi connectivity index (χ1v) is 9.38. The Morgan fingerprint density at radius 2 is 1.81 bits per heavy atom. The van der Waals surface area contributed by atoms with Crippen LogP contribution < -0.4 is 5.32 Å². The number of thioether (sulfide) groups is 1. The summed E-state index contributed by atoms with van der Waals surface area (Å²) in [5.41, 5.74) is 2.61. The molecule has 0 saturated carbocycles. The summed E-state index contributed by atoms with van der Waals surface area (Å²) in [4.78, 5) is 27.3. The smallest absolute Gasteiger partial charge is 0.266 e. The number of anilines is 1. The van der Waals surface area contributed by atoms with Crippen LogP contribution in [0.4, 0.5) is 5.69 Å². The second-order valence-electron chi connectivity index (χ2n) is 5.94. The molecule has 4 nitrogen and oxygen atoms in total. The van der Waals surface area contributed by atoms with E-state index >= 15 is 0 Å². The van der Waals surface area contributed by atoms with E-state index in [1.165, 1.54) is 16.7 Å². The second-order valence-corrected chi connectivity index (χ2v) is 7.62. The third-order valence-electron chi connectivity index (χ3n) is 4.09. The van der Waals surface area contributed by atoms with Gasteiger partial charge in [-0.25, -0.2) is 0 Å². The first-order chi connectivity index (χ1) is 12.5. The fourth-order valence-corrected chi connectivity index (χ4v) is 4.00. The van der Waals surface area contributed by atoms with Gasteiger partial charge in [0.25, 0.3) is 5.91 Å². The van der Waals surface area contributed by atoms with E-state index in [4.69, 9.17) is 12.2 Å². The lowest BCUT2D eigenvalue weighted by Crippen LogP contribution is -2.44. The van der Waals surface area contributed by atoms with Gasteiger partial charge >= 0.3 is 0 Å². The number of hydrogen-bond acceptors (Lipinski definition) is 4. The van der Waals surface area contributed by atoms with Gasteiger partial charge in [-0.3, -0.25) is 14.5 Å². The lowest BCUT2D eigenvalue weighted by atomic mass is 10.2. The maximum Gasteiger partial charge on any atom is 0.266 e. The van der Waals surface area contributed by atoms with Crippen molar-refractivity contribution >= 4 is 51.9 Å². The zero-order valence-electron chi connectivity index (χ0n) is 14.4. The van der Waals surface area contributed by atoms with Gasteiger partial charge in [-0.1, -0.05) is 72.5 Å². The van der Waals surface area contributed by atoms with Crippen LogP contribution in [0.25, 0.3) is 6.08 Å². The SMILES string of the molecule is Cc1ccccc1NC(=O)C(C)N1C(=O)/C(=C/c2ccccc2)SC1=S. The van der Waals surface area contributed by atoms with Crippen molar-refractivity contribution in [1.82, 2.24) is 4.90 Å². The van der Waals surface area contributed by atoms with E-state index in [0.717, 1.165) is 16.8 Å². The zero-order chi connectivity index (χ0) is 18.7. The summed E-state index contributed by atoms with van der Waals surface area (Å²) < 4.78 is 0.393. The summed E-state index contributed by atoms with van der Waals surface area (Å²) in [6, 6.07) is 16.4. The number of rotatable bonds is 4. The number of thiocarbonyl (C=S) groups is 1. The van der Waals surface area contributed by atoms with Gasteiger partial charge in [-0.2, -0.15) is 0 Å². The average Bonchev–Trinajstić information content (AvgIpc) is 2.90. The monoisotopic (exact) mass is 382 g/mol. The fraction of sp³-hybridized carbons (Fsp3) is 0.150. The topological polar surface area (TPSA) is 49.4 Å². The average molecular weight is 383 g/mol. The van der Waals surface area contributed by atoms with Crippen LogP contribution in [-0.4, -0.2) is 27.1 Å². The number of nitrogens with zero attached hydrogens (tertiary/aromatic N) is 1. The number of hydrogen-bond donors (Lipinski definition) is 1. The van der Waals surface area contributed by atoms with Crippen molar-refractivity contribution in [3.63, 3.8) is 0 Å². The summed E-state index contributed by atoms with van der Waals surface area (Å²) >= 11 is 6.56. The molecular formula is C20H18N2O2S2. The molecule has 0 bridgehead atoms. The number of aryl methyl sites for hydroxylation is 1. The number of benzene rings is 2. The van der Waals surface area contributed by atoms with Gasteiger partial charge in [-0.15, -0.1) is 0 Å². The third kappa shape index (κ3) is 3.86. The molecule has 1 aliphatic heterocycles. The van der Waals surface area contributed by atoms with Crippen LogP contribution in [0, 0.1) is 6.92 Å². The van der Waals surface area contributed by atoms with Gasteiger partial charge in [0.2, 0.25) is 5.91 Å². The van der Waals surface area contributed by atoms with Crippen molar-refractivity contribution in [3.05, 3.63) is 70.6 Å². The van der Waals surface area contributed by atoms with Crippen LogP contribution in [0.15, 0.2) is 59.5 Å². The number of para-hydroxylation sites is 1. The predicted molar refractivity (Wildman–Crippen MR) is 111 cm³/mol. The van der Waals surface area contributed by atoms with Crippen molar-refractivity contribution in [1.29, 1.82) is 0 Å². The minimum atomic E-state index is -0.691. The van der Waals surface area contributed by atoms with E-state index in [2.05, 4.69) is 5.32 Å². The van der Waals surface area contributed by atoms with E-state index in [-0.39, 0.29) is 11.8 Å². The zero-order valence-corrected chi connectivity index (χ0v) is 16.1. The molecular weight excluding hydrogens is 364 g/mol. The van der Waals surface area contributed by atoms with Crippen molar-refractivity contribution in [2.45, 2.75) is 19.9 Å². The van der Waals surface area contributed by atoms with Crippen molar-refractivity contribution in [2.75, 3.05) is 5.32 Å². The third-order valence-corrected chi connectivity index (χ3v) is 5.42. The van der Waals surface area contributed by atoms with Gasteiger partial charge in [0.15, 0.2) is 0 Å².